The molecule has 0 spiro atoms. The van der Waals surface area contributed by atoms with Gasteiger partial charge >= 0.3 is 0 Å². The molecule has 176 valence electrons. The minimum absolute atomic E-state index is 0.0311. The smallest absolute Gasteiger partial charge is 0.232 e. The van der Waals surface area contributed by atoms with E-state index in [2.05, 4.69) is 9.97 Å². The van der Waals surface area contributed by atoms with Crippen molar-refractivity contribution in [3.8, 4) is 11.1 Å². The van der Waals surface area contributed by atoms with E-state index in [1.54, 1.807) is 36.5 Å². The summed E-state index contributed by atoms with van der Waals surface area (Å²) in [6.45, 7) is -0.372. The maximum absolute atomic E-state index is 15.1. The molecule has 0 aliphatic carbocycles. The van der Waals surface area contributed by atoms with Gasteiger partial charge in [0, 0.05) is 40.5 Å². The molecule has 0 radical (unpaired) electrons. The molecule has 7 nitrogen and oxygen atoms in total. The molecular formula is C23H18ClF2N3O4S. The molecule has 0 amide bonds. The fourth-order valence-corrected chi connectivity index (χ4v) is 4.67. The Hall–Kier alpha value is -3.34. The van der Waals surface area contributed by atoms with E-state index in [4.69, 9.17) is 16.7 Å². The summed E-state index contributed by atoms with van der Waals surface area (Å²) in [5, 5.41) is 9.71. The summed E-state index contributed by atoms with van der Waals surface area (Å²) in [4.78, 5) is 20.3. The first kappa shape index (κ1) is 23.8. The number of rotatable bonds is 8. The number of benzene rings is 2. The molecule has 4 aromatic rings. The van der Waals surface area contributed by atoms with Gasteiger partial charge < -0.3 is 10.1 Å². The summed E-state index contributed by atoms with van der Waals surface area (Å²) in [6, 6.07) is 10.3. The number of aromatic amines is 1. The Morgan fingerprint density at radius 1 is 1.12 bits per heavy atom. The first-order chi connectivity index (χ1) is 16.2. The number of aliphatic hydroxyl groups excluding tert-OH is 1. The van der Waals surface area contributed by atoms with Crippen molar-refractivity contribution in [2.45, 2.75) is 6.42 Å². The van der Waals surface area contributed by atoms with Gasteiger partial charge in [0.15, 0.2) is 5.82 Å². The normalized spacial score (nSPS) is 11.6. The molecule has 0 unspecified atom stereocenters. The molecule has 2 aromatic heterocycles. The minimum atomic E-state index is -4.01. The number of ketones is 1. The highest BCUT2D eigenvalue weighted by molar-refractivity contribution is 7.92. The SMILES string of the molecule is O=C(c1c(F)ccc(NS(=O)(=O)CCCO)c1F)c1c[nH]c2ncc(-c3ccc(Cl)cc3)cc12. The number of carbonyl (C=O) groups excluding carboxylic acids is 1. The van der Waals surface area contributed by atoms with Crippen LogP contribution in [0.2, 0.25) is 5.02 Å². The van der Waals surface area contributed by atoms with E-state index < -0.39 is 44.4 Å². The monoisotopic (exact) mass is 505 g/mol. The van der Waals surface area contributed by atoms with Gasteiger partial charge in [0.05, 0.1) is 17.0 Å². The lowest BCUT2D eigenvalue weighted by Crippen LogP contribution is -2.19. The van der Waals surface area contributed by atoms with Gasteiger partial charge in [0.25, 0.3) is 0 Å². The van der Waals surface area contributed by atoms with Crippen LogP contribution in [0.25, 0.3) is 22.2 Å². The van der Waals surface area contributed by atoms with Crippen LogP contribution in [0.15, 0.2) is 54.9 Å². The number of aliphatic hydroxyl groups is 1. The number of pyridine rings is 1. The number of hydrogen-bond acceptors (Lipinski definition) is 5. The van der Waals surface area contributed by atoms with Crippen LogP contribution in [0.1, 0.15) is 22.3 Å². The topological polar surface area (TPSA) is 112 Å². The number of H-pyrrole nitrogens is 1. The van der Waals surface area contributed by atoms with E-state index in [0.29, 0.717) is 21.6 Å². The predicted octanol–water partition coefficient (Wildman–Crippen LogP) is 4.52. The van der Waals surface area contributed by atoms with Crippen molar-refractivity contribution >= 4 is 44.1 Å². The minimum Gasteiger partial charge on any atom is -0.396 e. The molecule has 0 aliphatic heterocycles. The lowest BCUT2D eigenvalue weighted by Gasteiger charge is -2.11. The average Bonchev–Trinajstić information content (AvgIpc) is 3.23. The molecule has 2 heterocycles. The highest BCUT2D eigenvalue weighted by Gasteiger charge is 2.26. The fraction of sp³-hybridized carbons (Fsp3) is 0.130. The number of nitrogens with zero attached hydrogens (tertiary/aromatic N) is 1. The van der Waals surface area contributed by atoms with Crippen LogP contribution >= 0.6 is 11.6 Å². The van der Waals surface area contributed by atoms with Gasteiger partial charge in [-0.2, -0.15) is 0 Å². The molecule has 3 N–H and O–H groups in total. The van der Waals surface area contributed by atoms with Crippen LogP contribution < -0.4 is 4.72 Å². The van der Waals surface area contributed by atoms with E-state index in [1.165, 1.54) is 6.20 Å². The number of sulfonamides is 1. The zero-order valence-electron chi connectivity index (χ0n) is 17.5. The third-order valence-corrected chi connectivity index (χ3v) is 6.72. The first-order valence-corrected chi connectivity index (χ1v) is 12.1. The summed E-state index contributed by atoms with van der Waals surface area (Å²) in [5.74, 6) is -3.93. The number of halogens is 3. The fourth-order valence-electron chi connectivity index (χ4n) is 3.44. The maximum Gasteiger partial charge on any atom is 0.232 e. The highest BCUT2D eigenvalue weighted by Crippen LogP contribution is 2.30. The maximum atomic E-state index is 15.1. The number of nitrogens with one attached hydrogen (secondary N) is 2. The summed E-state index contributed by atoms with van der Waals surface area (Å²) in [5.41, 5.74) is 0.265. The van der Waals surface area contributed by atoms with E-state index >= 15 is 4.39 Å². The molecule has 0 atom stereocenters. The summed E-state index contributed by atoms with van der Waals surface area (Å²) < 4.78 is 55.9. The average molecular weight is 506 g/mol. The van der Waals surface area contributed by atoms with Crippen molar-refractivity contribution in [2.24, 2.45) is 0 Å². The molecule has 0 bridgehead atoms. The third-order valence-electron chi connectivity index (χ3n) is 5.11. The van der Waals surface area contributed by atoms with Crippen molar-refractivity contribution < 1.29 is 27.1 Å². The molecule has 0 saturated carbocycles. The Balaban J connectivity index is 1.75. The van der Waals surface area contributed by atoms with Crippen LogP contribution in [-0.2, 0) is 10.0 Å². The molecule has 11 heteroatoms. The Kier molecular flexibility index (Phi) is 6.65. The van der Waals surface area contributed by atoms with Crippen molar-refractivity contribution in [1.29, 1.82) is 0 Å². The Labute approximate surface area is 198 Å². The number of anilines is 1. The highest BCUT2D eigenvalue weighted by atomic mass is 35.5. The van der Waals surface area contributed by atoms with E-state index in [-0.39, 0.29) is 18.6 Å². The second kappa shape index (κ2) is 9.49. The second-order valence-electron chi connectivity index (χ2n) is 7.44. The summed E-state index contributed by atoms with van der Waals surface area (Å²) in [6.07, 6.45) is 2.81. The number of hydrogen-bond donors (Lipinski definition) is 3. The van der Waals surface area contributed by atoms with Crippen molar-refractivity contribution in [2.75, 3.05) is 17.1 Å². The van der Waals surface area contributed by atoms with Crippen LogP contribution in [-0.4, -0.2) is 41.6 Å². The van der Waals surface area contributed by atoms with E-state index in [9.17, 15) is 17.6 Å². The van der Waals surface area contributed by atoms with Crippen molar-refractivity contribution in [3.05, 3.63) is 82.6 Å². The Morgan fingerprint density at radius 2 is 1.85 bits per heavy atom. The molecule has 2 aromatic carbocycles. The van der Waals surface area contributed by atoms with Gasteiger partial charge in [-0.1, -0.05) is 23.7 Å². The van der Waals surface area contributed by atoms with E-state index in [0.717, 1.165) is 17.7 Å². The quantitative estimate of drug-likeness (QED) is 0.305. The van der Waals surface area contributed by atoms with Crippen LogP contribution in [0.3, 0.4) is 0 Å². The first-order valence-electron chi connectivity index (χ1n) is 10.1. The standard InChI is InChI=1S/C23H18ClF2N3O4S/c24-15-4-2-13(3-5-15)14-10-16-17(12-28-23(16)27-11-14)22(31)20-18(25)6-7-19(21(20)26)29-34(32,33)9-1-8-30/h2-7,10-12,29-30H,1,8-9H2,(H,27,28). The van der Waals surface area contributed by atoms with Gasteiger partial charge in [0.2, 0.25) is 15.8 Å². The molecule has 0 fully saturated rings. The summed E-state index contributed by atoms with van der Waals surface area (Å²) in [7, 11) is -4.01. The molecule has 34 heavy (non-hydrogen) atoms. The number of carbonyl (C=O) groups is 1. The zero-order valence-corrected chi connectivity index (χ0v) is 19.1. The molecule has 0 saturated heterocycles. The van der Waals surface area contributed by atoms with Gasteiger partial charge in [-0.15, -0.1) is 0 Å². The Bertz CT molecular complexity index is 1490. The van der Waals surface area contributed by atoms with Gasteiger partial charge in [0.1, 0.15) is 11.5 Å². The summed E-state index contributed by atoms with van der Waals surface area (Å²) >= 11 is 5.93. The third kappa shape index (κ3) is 4.79. The molecule has 0 aliphatic rings. The van der Waals surface area contributed by atoms with Gasteiger partial charge in [-0.25, -0.2) is 22.2 Å². The van der Waals surface area contributed by atoms with Crippen molar-refractivity contribution in [3.63, 3.8) is 0 Å². The lowest BCUT2D eigenvalue weighted by atomic mass is 10.00. The Morgan fingerprint density at radius 3 is 2.56 bits per heavy atom. The van der Waals surface area contributed by atoms with Gasteiger partial charge in [-0.05, 0) is 42.3 Å². The van der Waals surface area contributed by atoms with Crippen LogP contribution in [0, 0.1) is 11.6 Å². The van der Waals surface area contributed by atoms with E-state index in [1.807, 2.05) is 4.72 Å². The lowest BCUT2D eigenvalue weighted by molar-refractivity contribution is 0.103. The largest absolute Gasteiger partial charge is 0.396 e. The number of fused-ring (bicyclic) bond motifs is 1. The van der Waals surface area contributed by atoms with Crippen LogP contribution in [0.5, 0.6) is 0 Å². The van der Waals surface area contributed by atoms with Crippen molar-refractivity contribution in [1.82, 2.24) is 9.97 Å². The molecule has 4 rings (SSSR count). The molecular weight excluding hydrogens is 488 g/mol. The number of aromatic nitrogens is 2. The van der Waals surface area contributed by atoms with Crippen LogP contribution in [0.4, 0.5) is 14.5 Å². The van der Waals surface area contributed by atoms with Gasteiger partial charge in [-0.3, -0.25) is 9.52 Å². The zero-order chi connectivity index (χ0) is 24.5. The predicted molar refractivity (Wildman–Crippen MR) is 125 cm³/mol. The second-order valence-corrected chi connectivity index (χ2v) is 9.72.